The second-order valence-corrected chi connectivity index (χ2v) is 7.82. The highest BCUT2D eigenvalue weighted by Gasteiger charge is 2.31. The van der Waals surface area contributed by atoms with Crippen LogP contribution in [0.25, 0.3) is 0 Å². The molecule has 1 amide bonds. The summed E-state index contributed by atoms with van der Waals surface area (Å²) in [6.45, 7) is 4.54. The number of thiazole rings is 1. The van der Waals surface area contributed by atoms with E-state index in [-0.39, 0.29) is 11.9 Å². The molecule has 5 heteroatoms. The van der Waals surface area contributed by atoms with Crippen molar-refractivity contribution >= 4 is 17.2 Å². The fraction of sp³-hybridized carbons (Fsp3) is 0.474. The smallest absolute Gasteiger partial charge is 0.240 e. The molecule has 0 bridgehead atoms. The molecule has 0 radical (unpaired) electrons. The van der Waals surface area contributed by atoms with Crippen molar-refractivity contribution in [3.63, 3.8) is 0 Å². The molecular formula is C19H25N3OS. The number of carbonyl (C=O) groups is 1. The molecule has 1 atom stereocenters. The number of aryl methyl sites for hydroxylation is 1. The molecule has 1 aromatic carbocycles. The van der Waals surface area contributed by atoms with Crippen LogP contribution in [0.1, 0.15) is 28.3 Å². The van der Waals surface area contributed by atoms with Gasteiger partial charge in [0.05, 0.1) is 11.0 Å². The van der Waals surface area contributed by atoms with Crippen molar-refractivity contribution in [2.75, 3.05) is 20.1 Å². The van der Waals surface area contributed by atoms with Crippen molar-refractivity contribution in [2.45, 2.75) is 38.8 Å². The predicted molar refractivity (Wildman–Crippen MR) is 98.1 cm³/mol. The van der Waals surface area contributed by atoms with Crippen LogP contribution in [0.3, 0.4) is 0 Å². The molecule has 2 aromatic rings. The van der Waals surface area contributed by atoms with Gasteiger partial charge in [0.25, 0.3) is 0 Å². The lowest BCUT2D eigenvalue weighted by atomic mass is 10.0. The highest BCUT2D eigenvalue weighted by atomic mass is 32.1. The predicted octanol–water partition coefficient (Wildman–Crippen LogP) is 3.12. The third-order valence-electron chi connectivity index (χ3n) is 4.60. The fourth-order valence-electron chi connectivity index (χ4n) is 3.23. The summed E-state index contributed by atoms with van der Waals surface area (Å²) in [6, 6.07) is 10.3. The van der Waals surface area contributed by atoms with Crippen LogP contribution in [0.2, 0.25) is 0 Å². The Kier molecular flexibility index (Phi) is 5.63. The fourth-order valence-corrected chi connectivity index (χ4v) is 4.01. The lowest BCUT2D eigenvalue weighted by Gasteiger charge is -2.36. The Morgan fingerprint density at radius 1 is 1.33 bits per heavy atom. The largest absolute Gasteiger partial charge is 0.337 e. The molecule has 3 rings (SSSR count). The number of piperidine rings is 1. The van der Waals surface area contributed by atoms with E-state index in [1.165, 1.54) is 10.4 Å². The second kappa shape index (κ2) is 7.90. The highest BCUT2D eigenvalue weighted by molar-refractivity contribution is 7.11. The first-order chi connectivity index (χ1) is 11.6. The van der Waals surface area contributed by atoms with E-state index in [1.54, 1.807) is 11.3 Å². The van der Waals surface area contributed by atoms with Gasteiger partial charge in [0.1, 0.15) is 0 Å². The van der Waals surface area contributed by atoms with Crippen LogP contribution >= 0.6 is 11.3 Å². The molecule has 24 heavy (non-hydrogen) atoms. The molecule has 1 aromatic heterocycles. The summed E-state index contributed by atoms with van der Waals surface area (Å²) in [5, 5.41) is 1.16. The molecule has 0 unspecified atom stereocenters. The molecule has 128 valence electrons. The van der Waals surface area contributed by atoms with Gasteiger partial charge in [-0.3, -0.25) is 9.69 Å². The molecule has 0 N–H and O–H groups in total. The van der Waals surface area contributed by atoms with Crippen LogP contribution in [0.15, 0.2) is 36.5 Å². The standard InChI is InChI=1S/C19H25N3OS/c1-15-13-20-18(24-15)10-12-21(2)17-9-6-11-22(19(17)23)14-16-7-4-3-5-8-16/h3-5,7-8,13,17H,6,9-12,14H2,1-2H3/t17-/m1/s1. The molecule has 1 aliphatic heterocycles. The first-order valence-corrected chi connectivity index (χ1v) is 9.39. The molecular weight excluding hydrogens is 318 g/mol. The quantitative estimate of drug-likeness (QED) is 0.808. The maximum Gasteiger partial charge on any atom is 0.240 e. The molecule has 4 nitrogen and oxygen atoms in total. The van der Waals surface area contributed by atoms with E-state index in [2.05, 4.69) is 36.0 Å². The van der Waals surface area contributed by atoms with Gasteiger partial charge in [0.15, 0.2) is 0 Å². The normalized spacial score (nSPS) is 18.4. The minimum atomic E-state index is 0.00326. The molecule has 0 saturated carbocycles. The Morgan fingerprint density at radius 2 is 2.12 bits per heavy atom. The molecule has 1 saturated heterocycles. The van der Waals surface area contributed by atoms with E-state index in [1.807, 2.05) is 29.3 Å². The van der Waals surface area contributed by atoms with Crippen LogP contribution in [0.5, 0.6) is 0 Å². The van der Waals surface area contributed by atoms with Gasteiger partial charge in [0.2, 0.25) is 5.91 Å². The van der Waals surface area contributed by atoms with Crippen molar-refractivity contribution < 1.29 is 4.79 Å². The van der Waals surface area contributed by atoms with E-state index in [0.29, 0.717) is 0 Å². The monoisotopic (exact) mass is 343 g/mol. The zero-order valence-corrected chi connectivity index (χ0v) is 15.3. The van der Waals surface area contributed by atoms with Crippen molar-refractivity contribution in [1.82, 2.24) is 14.8 Å². The Hall–Kier alpha value is -1.72. The van der Waals surface area contributed by atoms with Crippen molar-refractivity contribution in [3.05, 3.63) is 52.0 Å². The zero-order valence-electron chi connectivity index (χ0n) is 14.4. The van der Waals surface area contributed by atoms with E-state index in [4.69, 9.17) is 0 Å². The van der Waals surface area contributed by atoms with Gasteiger partial charge >= 0.3 is 0 Å². The van der Waals surface area contributed by atoms with Crippen molar-refractivity contribution in [3.8, 4) is 0 Å². The number of hydrogen-bond acceptors (Lipinski definition) is 4. The number of amides is 1. The SMILES string of the molecule is Cc1cnc(CCN(C)[C@@H]2CCCN(Cc3ccccc3)C2=O)s1. The maximum absolute atomic E-state index is 12.9. The second-order valence-electron chi connectivity index (χ2n) is 6.50. The highest BCUT2D eigenvalue weighted by Crippen LogP contribution is 2.20. The van der Waals surface area contributed by atoms with E-state index in [9.17, 15) is 4.79 Å². The van der Waals surface area contributed by atoms with Gasteiger partial charge in [-0.25, -0.2) is 4.98 Å². The molecule has 0 aliphatic carbocycles. The lowest BCUT2D eigenvalue weighted by Crippen LogP contribution is -2.51. The van der Waals surface area contributed by atoms with Crippen molar-refractivity contribution in [2.24, 2.45) is 0 Å². The average molecular weight is 343 g/mol. The number of rotatable bonds is 6. The molecule has 1 fully saturated rings. The minimum Gasteiger partial charge on any atom is -0.337 e. The first kappa shape index (κ1) is 17.1. The number of carbonyl (C=O) groups excluding carboxylic acids is 1. The first-order valence-electron chi connectivity index (χ1n) is 8.58. The number of aromatic nitrogens is 1. The summed E-state index contributed by atoms with van der Waals surface area (Å²) >= 11 is 1.75. The summed E-state index contributed by atoms with van der Waals surface area (Å²) in [5.41, 5.74) is 1.20. The lowest BCUT2D eigenvalue weighted by molar-refractivity contribution is -0.140. The number of likely N-dealkylation sites (N-methyl/N-ethyl adjacent to an activating group) is 1. The third kappa shape index (κ3) is 4.22. The van der Waals surface area contributed by atoms with Crippen LogP contribution in [0, 0.1) is 6.92 Å². The van der Waals surface area contributed by atoms with Gasteiger partial charge in [-0.2, -0.15) is 0 Å². The van der Waals surface area contributed by atoms with E-state index < -0.39 is 0 Å². The Morgan fingerprint density at radius 3 is 2.83 bits per heavy atom. The number of hydrogen-bond donors (Lipinski definition) is 0. The summed E-state index contributed by atoms with van der Waals surface area (Å²) in [5.74, 6) is 0.267. The number of benzene rings is 1. The average Bonchev–Trinajstić information content (AvgIpc) is 3.01. The summed E-state index contributed by atoms with van der Waals surface area (Å²) in [7, 11) is 2.06. The van der Waals surface area contributed by atoms with Crippen LogP contribution in [-0.2, 0) is 17.8 Å². The minimum absolute atomic E-state index is 0.00326. The Labute approximate surface area is 148 Å². The summed E-state index contributed by atoms with van der Waals surface area (Å²) in [4.78, 5) is 22.7. The Bertz CT molecular complexity index is 670. The van der Waals surface area contributed by atoms with Crippen molar-refractivity contribution in [1.29, 1.82) is 0 Å². The third-order valence-corrected chi connectivity index (χ3v) is 5.57. The van der Waals surface area contributed by atoms with Crippen LogP contribution < -0.4 is 0 Å². The van der Waals surface area contributed by atoms with Gasteiger partial charge in [-0.1, -0.05) is 30.3 Å². The van der Waals surface area contributed by atoms with Gasteiger partial charge in [-0.05, 0) is 32.4 Å². The summed E-state index contributed by atoms with van der Waals surface area (Å²) < 4.78 is 0. The maximum atomic E-state index is 12.9. The Balaban J connectivity index is 1.57. The van der Waals surface area contributed by atoms with Gasteiger partial charge < -0.3 is 4.90 Å². The molecule has 0 spiro atoms. The van der Waals surface area contributed by atoms with Gasteiger partial charge in [-0.15, -0.1) is 11.3 Å². The number of likely N-dealkylation sites (tertiary alicyclic amines) is 1. The van der Waals surface area contributed by atoms with E-state index in [0.717, 1.165) is 43.9 Å². The molecule has 1 aliphatic rings. The van der Waals surface area contributed by atoms with Crippen LogP contribution in [-0.4, -0.2) is 46.9 Å². The topological polar surface area (TPSA) is 36.4 Å². The molecule has 2 heterocycles. The van der Waals surface area contributed by atoms with Gasteiger partial charge in [0, 0.05) is 37.1 Å². The summed E-state index contributed by atoms with van der Waals surface area (Å²) in [6.07, 6.45) is 4.87. The zero-order chi connectivity index (χ0) is 16.9. The van der Waals surface area contributed by atoms with E-state index >= 15 is 0 Å². The number of nitrogens with zero attached hydrogens (tertiary/aromatic N) is 3. The van der Waals surface area contributed by atoms with Crippen LogP contribution in [0.4, 0.5) is 0 Å².